The molecule has 2 amide bonds. The van der Waals surface area contributed by atoms with E-state index in [-0.39, 0.29) is 11.6 Å². The Morgan fingerprint density at radius 2 is 1.70 bits per heavy atom. The third-order valence-electron chi connectivity index (χ3n) is 6.56. The number of anilines is 1. The maximum absolute atomic E-state index is 13.8. The van der Waals surface area contributed by atoms with E-state index in [1.807, 2.05) is 100 Å². The Balaban J connectivity index is 1.86. The van der Waals surface area contributed by atoms with Crippen molar-refractivity contribution < 1.29 is 4.79 Å². The number of fused-ring (bicyclic) bond motifs is 1. The van der Waals surface area contributed by atoms with Crippen LogP contribution in [0.15, 0.2) is 76.0 Å². The Morgan fingerprint density at radius 1 is 1.00 bits per heavy atom. The van der Waals surface area contributed by atoms with E-state index in [4.69, 9.17) is 4.98 Å². The van der Waals surface area contributed by atoms with E-state index in [1.54, 1.807) is 15.5 Å². The van der Waals surface area contributed by atoms with Crippen LogP contribution in [0.2, 0.25) is 0 Å². The van der Waals surface area contributed by atoms with E-state index in [1.165, 1.54) is 0 Å². The lowest BCUT2D eigenvalue weighted by atomic mass is 10.1. The highest BCUT2D eigenvalue weighted by atomic mass is 79.9. The molecular formula is C29H32BrN5O2. The fourth-order valence-electron chi connectivity index (χ4n) is 4.21. The van der Waals surface area contributed by atoms with Gasteiger partial charge in [-0.1, -0.05) is 30.3 Å². The molecule has 3 aromatic carbocycles. The maximum atomic E-state index is 13.8. The zero-order chi connectivity index (χ0) is 26.7. The predicted molar refractivity (Wildman–Crippen MR) is 154 cm³/mol. The number of urea groups is 1. The summed E-state index contributed by atoms with van der Waals surface area (Å²) in [7, 11) is 3.93. The summed E-state index contributed by atoms with van der Waals surface area (Å²) < 4.78 is 2.44. The molecule has 0 spiro atoms. The number of carbonyl (C=O) groups excluding carboxylic acids is 1. The monoisotopic (exact) mass is 561 g/mol. The van der Waals surface area contributed by atoms with E-state index < -0.39 is 6.04 Å². The third-order valence-corrected chi connectivity index (χ3v) is 7.25. The van der Waals surface area contributed by atoms with Gasteiger partial charge < -0.3 is 15.1 Å². The molecule has 1 N–H and O–H groups in total. The van der Waals surface area contributed by atoms with Gasteiger partial charge in [0.05, 0.1) is 28.3 Å². The molecule has 0 saturated heterocycles. The van der Waals surface area contributed by atoms with E-state index in [9.17, 15) is 9.59 Å². The number of aromatic nitrogens is 2. The van der Waals surface area contributed by atoms with Crippen LogP contribution >= 0.6 is 15.9 Å². The number of aryl methyl sites for hydroxylation is 2. The van der Waals surface area contributed by atoms with Gasteiger partial charge >= 0.3 is 6.03 Å². The number of benzene rings is 3. The van der Waals surface area contributed by atoms with Crippen LogP contribution < -0.4 is 10.9 Å². The molecule has 192 valence electrons. The molecule has 1 unspecified atom stereocenters. The molecule has 0 aliphatic carbocycles. The number of para-hydroxylation sites is 2. The van der Waals surface area contributed by atoms with Gasteiger partial charge in [-0.2, -0.15) is 0 Å². The number of nitrogens with zero attached hydrogens (tertiary/aromatic N) is 4. The Kier molecular flexibility index (Phi) is 8.10. The first kappa shape index (κ1) is 26.6. The summed E-state index contributed by atoms with van der Waals surface area (Å²) in [5.74, 6) is 0.507. The summed E-state index contributed by atoms with van der Waals surface area (Å²) in [5, 5.41) is 3.56. The van der Waals surface area contributed by atoms with Gasteiger partial charge in [-0.3, -0.25) is 9.36 Å². The molecule has 4 aromatic rings. The molecule has 0 bridgehead atoms. The van der Waals surface area contributed by atoms with Crippen LogP contribution in [-0.4, -0.2) is 52.6 Å². The summed E-state index contributed by atoms with van der Waals surface area (Å²) in [4.78, 5) is 36.2. The molecule has 37 heavy (non-hydrogen) atoms. The van der Waals surface area contributed by atoms with Crippen molar-refractivity contribution in [1.82, 2.24) is 19.4 Å². The zero-order valence-corrected chi connectivity index (χ0v) is 23.4. The first-order valence-corrected chi connectivity index (χ1v) is 13.0. The van der Waals surface area contributed by atoms with Crippen LogP contribution in [0.25, 0.3) is 16.6 Å². The number of likely N-dealkylation sites (N-methyl/N-ethyl adjacent to an activating group) is 1. The normalized spacial score (nSPS) is 12.1. The van der Waals surface area contributed by atoms with Gasteiger partial charge in [0.1, 0.15) is 5.82 Å². The predicted octanol–water partition coefficient (Wildman–Crippen LogP) is 5.92. The van der Waals surface area contributed by atoms with Crippen molar-refractivity contribution in [3.8, 4) is 5.69 Å². The SMILES string of the molecule is Cc1ccc(-n2c(C(C)N(CCN(C)C)C(=O)Nc3ccccc3Br)nc3ccccc3c2=O)cc1C. The highest BCUT2D eigenvalue weighted by Gasteiger charge is 2.27. The first-order chi connectivity index (χ1) is 17.7. The van der Waals surface area contributed by atoms with Gasteiger partial charge in [0.25, 0.3) is 5.56 Å². The van der Waals surface area contributed by atoms with Gasteiger partial charge in [-0.25, -0.2) is 9.78 Å². The zero-order valence-electron chi connectivity index (χ0n) is 21.8. The molecule has 8 heteroatoms. The van der Waals surface area contributed by atoms with Crippen LogP contribution in [0.5, 0.6) is 0 Å². The summed E-state index contributed by atoms with van der Waals surface area (Å²) >= 11 is 3.51. The highest BCUT2D eigenvalue weighted by Crippen LogP contribution is 2.26. The van der Waals surface area contributed by atoms with Crippen molar-refractivity contribution >= 4 is 38.6 Å². The standard InChI is InChI=1S/C29H32BrN5O2/c1-19-14-15-22(18-20(19)2)35-27(31-25-12-8-6-10-23(25)28(35)36)21(3)34(17-16-33(4)5)29(37)32-26-13-9-7-11-24(26)30/h6-15,18,21H,16-17H2,1-5H3,(H,32,37). The Labute approximate surface area is 225 Å². The molecule has 0 fully saturated rings. The number of hydrogen-bond acceptors (Lipinski definition) is 4. The number of hydrogen-bond donors (Lipinski definition) is 1. The van der Waals surface area contributed by atoms with Gasteiger partial charge in [0.15, 0.2) is 0 Å². The van der Waals surface area contributed by atoms with Crippen LogP contribution in [0.4, 0.5) is 10.5 Å². The van der Waals surface area contributed by atoms with Crippen LogP contribution in [-0.2, 0) is 0 Å². The highest BCUT2D eigenvalue weighted by molar-refractivity contribution is 9.10. The summed E-state index contributed by atoms with van der Waals surface area (Å²) in [6, 6.07) is 20.0. The fourth-order valence-corrected chi connectivity index (χ4v) is 4.60. The van der Waals surface area contributed by atoms with Crippen molar-refractivity contribution in [3.63, 3.8) is 0 Å². The molecule has 0 aliphatic rings. The second-order valence-electron chi connectivity index (χ2n) is 9.48. The Hall–Kier alpha value is -3.49. The second kappa shape index (κ2) is 11.3. The number of carbonyl (C=O) groups is 1. The molecular weight excluding hydrogens is 530 g/mol. The number of nitrogens with one attached hydrogen (secondary N) is 1. The Bertz CT molecular complexity index is 1500. The summed E-state index contributed by atoms with van der Waals surface area (Å²) in [5.41, 5.74) is 4.06. The van der Waals surface area contributed by atoms with Gasteiger partial charge in [-0.15, -0.1) is 0 Å². The molecule has 0 saturated carbocycles. The van der Waals surface area contributed by atoms with Gasteiger partial charge in [0.2, 0.25) is 0 Å². The topological polar surface area (TPSA) is 70.5 Å². The summed E-state index contributed by atoms with van der Waals surface area (Å²) in [6.45, 7) is 7.08. The summed E-state index contributed by atoms with van der Waals surface area (Å²) in [6.07, 6.45) is 0. The van der Waals surface area contributed by atoms with Crippen molar-refractivity contribution in [2.75, 3.05) is 32.5 Å². The van der Waals surface area contributed by atoms with E-state index in [0.29, 0.717) is 35.5 Å². The van der Waals surface area contributed by atoms with Crippen molar-refractivity contribution in [2.45, 2.75) is 26.8 Å². The maximum Gasteiger partial charge on any atom is 0.322 e. The van der Waals surface area contributed by atoms with Crippen molar-refractivity contribution in [2.24, 2.45) is 0 Å². The van der Waals surface area contributed by atoms with Crippen molar-refractivity contribution in [1.29, 1.82) is 0 Å². The minimum atomic E-state index is -0.499. The average molecular weight is 563 g/mol. The molecule has 1 atom stereocenters. The van der Waals surface area contributed by atoms with E-state index >= 15 is 0 Å². The van der Waals surface area contributed by atoms with Crippen LogP contribution in [0.3, 0.4) is 0 Å². The first-order valence-electron chi connectivity index (χ1n) is 12.2. The largest absolute Gasteiger partial charge is 0.322 e. The van der Waals surface area contributed by atoms with Crippen molar-refractivity contribution in [3.05, 3.63) is 98.5 Å². The molecule has 1 heterocycles. The number of amides is 2. The minimum absolute atomic E-state index is 0.158. The van der Waals surface area contributed by atoms with Crippen LogP contribution in [0.1, 0.15) is 29.9 Å². The van der Waals surface area contributed by atoms with E-state index in [0.717, 1.165) is 21.3 Å². The van der Waals surface area contributed by atoms with E-state index in [2.05, 4.69) is 21.2 Å². The van der Waals surface area contributed by atoms with Crippen LogP contribution in [0, 0.1) is 13.8 Å². The lowest BCUT2D eigenvalue weighted by Gasteiger charge is -2.31. The minimum Gasteiger partial charge on any atom is -0.313 e. The lowest BCUT2D eigenvalue weighted by Crippen LogP contribution is -2.43. The molecule has 0 aliphatic heterocycles. The lowest BCUT2D eigenvalue weighted by molar-refractivity contribution is 0.181. The number of rotatable bonds is 7. The molecule has 4 rings (SSSR count). The third kappa shape index (κ3) is 5.76. The number of halogens is 1. The smallest absolute Gasteiger partial charge is 0.313 e. The second-order valence-corrected chi connectivity index (χ2v) is 10.3. The molecule has 1 aromatic heterocycles. The average Bonchev–Trinajstić information content (AvgIpc) is 2.87. The van der Waals surface area contributed by atoms with Gasteiger partial charge in [-0.05, 0) is 98.3 Å². The molecule has 0 radical (unpaired) electrons. The quantitative estimate of drug-likeness (QED) is 0.304. The molecule has 7 nitrogen and oxygen atoms in total. The Morgan fingerprint density at radius 3 is 2.41 bits per heavy atom. The fraction of sp³-hybridized carbons (Fsp3) is 0.276. The van der Waals surface area contributed by atoms with Gasteiger partial charge in [0, 0.05) is 17.6 Å².